The molecule has 3 aromatic rings. The van der Waals surface area contributed by atoms with Crippen molar-refractivity contribution in [2.45, 2.75) is 10.4 Å². The molecule has 0 nitrogen and oxygen atoms in total. The summed E-state index contributed by atoms with van der Waals surface area (Å²) < 4.78 is 52.2. The van der Waals surface area contributed by atoms with Crippen LogP contribution in [-0.4, -0.2) is 5.51 Å². The fourth-order valence-corrected chi connectivity index (χ4v) is 4.18. The van der Waals surface area contributed by atoms with E-state index in [4.69, 9.17) is 0 Å². The van der Waals surface area contributed by atoms with Crippen LogP contribution in [0.15, 0.2) is 53.4 Å². The number of fused-ring (bicyclic) bond motifs is 1. The van der Waals surface area contributed by atoms with E-state index in [1.165, 1.54) is 35.6 Å². The van der Waals surface area contributed by atoms with Gasteiger partial charge < -0.3 is 0 Å². The lowest BCUT2D eigenvalue weighted by atomic mass is 10.1. The van der Waals surface area contributed by atoms with Crippen LogP contribution < -0.4 is 0 Å². The molecule has 0 N–H and O–H groups in total. The Bertz CT molecular complexity index is 772. The zero-order valence-corrected chi connectivity index (χ0v) is 12.1. The first-order chi connectivity index (χ1) is 9.94. The monoisotopic (exact) mass is 328 g/mol. The summed E-state index contributed by atoms with van der Waals surface area (Å²) in [5, 5.41) is 0.573. The third-order valence-corrected chi connectivity index (χ3v) is 5.08. The van der Waals surface area contributed by atoms with E-state index in [1.807, 2.05) is 0 Å². The Labute approximate surface area is 126 Å². The van der Waals surface area contributed by atoms with E-state index in [-0.39, 0.29) is 16.7 Å². The van der Waals surface area contributed by atoms with Gasteiger partial charge in [-0.15, -0.1) is 11.3 Å². The molecule has 0 radical (unpaired) electrons. The summed E-state index contributed by atoms with van der Waals surface area (Å²) in [6, 6.07) is 12.5. The Balaban J connectivity index is 2.21. The minimum absolute atomic E-state index is 0.121. The molecule has 108 valence electrons. The first-order valence-electron chi connectivity index (χ1n) is 5.97. The third kappa shape index (κ3) is 3.06. The maximum absolute atomic E-state index is 13.0. The first kappa shape index (κ1) is 14.4. The minimum atomic E-state index is -4.36. The Morgan fingerprint density at radius 3 is 2.24 bits per heavy atom. The van der Waals surface area contributed by atoms with Gasteiger partial charge in [-0.1, -0.05) is 30.3 Å². The number of thiophene rings is 1. The molecule has 0 amide bonds. The number of benzene rings is 2. The molecule has 0 bridgehead atoms. The fourth-order valence-electron chi connectivity index (χ4n) is 2.03. The van der Waals surface area contributed by atoms with Crippen LogP contribution in [0.25, 0.3) is 20.5 Å². The van der Waals surface area contributed by atoms with Gasteiger partial charge in [-0.05, 0) is 35.5 Å². The SMILES string of the molecule is Fc1ccc(-c2sc3ccccc3c2SC(F)(F)F)cc1. The molecule has 0 atom stereocenters. The van der Waals surface area contributed by atoms with Crippen LogP contribution in [0.5, 0.6) is 0 Å². The van der Waals surface area contributed by atoms with Crippen molar-refractivity contribution in [2.24, 2.45) is 0 Å². The summed E-state index contributed by atoms with van der Waals surface area (Å²) in [6.45, 7) is 0. The van der Waals surface area contributed by atoms with Crippen molar-refractivity contribution in [3.63, 3.8) is 0 Å². The summed E-state index contributed by atoms with van der Waals surface area (Å²) in [4.78, 5) is 0.688. The predicted molar refractivity (Wildman–Crippen MR) is 79.1 cm³/mol. The second-order valence-electron chi connectivity index (χ2n) is 4.31. The van der Waals surface area contributed by atoms with Crippen molar-refractivity contribution < 1.29 is 17.6 Å². The Kier molecular flexibility index (Phi) is 3.67. The molecule has 0 saturated heterocycles. The second kappa shape index (κ2) is 5.35. The average molecular weight is 328 g/mol. The molecule has 1 heterocycles. The molecular formula is C15H8F4S2. The molecule has 3 rings (SSSR count). The Hall–Kier alpha value is -1.53. The van der Waals surface area contributed by atoms with Gasteiger partial charge in [0.05, 0.1) is 0 Å². The topological polar surface area (TPSA) is 0 Å². The van der Waals surface area contributed by atoms with Gasteiger partial charge in [-0.3, -0.25) is 0 Å². The highest BCUT2D eigenvalue weighted by atomic mass is 32.2. The molecule has 0 fully saturated rings. The van der Waals surface area contributed by atoms with Gasteiger partial charge in [0.15, 0.2) is 0 Å². The summed E-state index contributed by atoms with van der Waals surface area (Å²) in [7, 11) is 0. The lowest BCUT2D eigenvalue weighted by Gasteiger charge is -2.07. The average Bonchev–Trinajstić information content (AvgIpc) is 2.77. The highest BCUT2D eigenvalue weighted by Crippen LogP contribution is 2.49. The lowest BCUT2D eigenvalue weighted by molar-refractivity contribution is -0.0327. The van der Waals surface area contributed by atoms with Crippen molar-refractivity contribution >= 4 is 33.2 Å². The minimum Gasteiger partial charge on any atom is -0.207 e. The normalized spacial score (nSPS) is 12.0. The predicted octanol–water partition coefficient (Wildman–Crippen LogP) is 6.32. The van der Waals surface area contributed by atoms with Crippen molar-refractivity contribution in [1.29, 1.82) is 0 Å². The van der Waals surface area contributed by atoms with E-state index in [1.54, 1.807) is 24.3 Å². The van der Waals surface area contributed by atoms with Gasteiger partial charge >= 0.3 is 5.51 Å². The molecule has 0 spiro atoms. The van der Waals surface area contributed by atoms with Gasteiger partial charge in [-0.2, -0.15) is 13.2 Å². The molecule has 2 aromatic carbocycles. The van der Waals surface area contributed by atoms with Crippen molar-refractivity contribution in [3.05, 3.63) is 54.3 Å². The fraction of sp³-hybridized carbons (Fsp3) is 0.0667. The van der Waals surface area contributed by atoms with E-state index >= 15 is 0 Å². The molecular weight excluding hydrogens is 320 g/mol. The first-order valence-corrected chi connectivity index (χ1v) is 7.60. The summed E-state index contributed by atoms with van der Waals surface area (Å²) in [5.41, 5.74) is -3.78. The third-order valence-electron chi connectivity index (χ3n) is 2.87. The molecule has 1 aromatic heterocycles. The highest BCUT2D eigenvalue weighted by Gasteiger charge is 2.32. The van der Waals surface area contributed by atoms with Crippen molar-refractivity contribution in [2.75, 3.05) is 0 Å². The summed E-state index contributed by atoms with van der Waals surface area (Å²) in [5.74, 6) is -0.412. The summed E-state index contributed by atoms with van der Waals surface area (Å²) in [6.07, 6.45) is 0. The van der Waals surface area contributed by atoms with Crippen LogP contribution >= 0.6 is 23.1 Å². The van der Waals surface area contributed by atoms with Crippen LogP contribution in [0, 0.1) is 5.82 Å². The number of hydrogen-bond donors (Lipinski definition) is 0. The molecule has 0 aliphatic carbocycles. The maximum atomic E-state index is 13.0. The van der Waals surface area contributed by atoms with E-state index in [0.717, 1.165) is 4.70 Å². The van der Waals surface area contributed by atoms with Crippen LogP contribution in [0.3, 0.4) is 0 Å². The van der Waals surface area contributed by atoms with Gasteiger partial charge in [0.2, 0.25) is 0 Å². The van der Waals surface area contributed by atoms with Gasteiger partial charge in [-0.25, -0.2) is 4.39 Å². The maximum Gasteiger partial charge on any atom is 0.446 e. The number of thioether (sulfide) groups is 1. The lowest BCUT2D eigenvalue weighted by Crippen LogP contribution is -1.99. The number of halogens is 4. The van der Waals surface area contributed by atoms with E-state index in [2.05, 4.69) is 0 Å². The van der Waals surface area contributed by atoms with Crippen LogP contribution in [-0.2, 0) is 0 Å². The quantitative estimate of drug-likeness (QED) is 0.392. The number of rotatable bonds is 2. The zero-order chi connectivity index (χ0) is 15.0. The van der Waals surface area contributed by atoms with E-state index in [9.17, 15) is 17.6 Å². The number of hydrogen-bond acceptors (Lipinski definition) is 2. The smallest absolute Gasteiger partial charge is 0.207 e. The molecule has 21 heavy (non-hydrogen) atoms. The molecule has 0 aliphatic rings. The Morgan fingerprint density at radius 2 is 1.57 bits per heavy atom. The molecule has 0 unspecified atom stereocenters. The van der Waals surface area contributed by atoms with Crippen molar-refractivity contribution in [3.8, 4) is 10.4 Å². The van der Waals surface area contributed by atoms with Crippen LogP contribution in [0.2, 0.25) is 0 Å². The highest BCUT2D eigenvalue weighted by molar-refractivity contribution is 8.00. The van der Waals surface area contributed by atoms with E-state index in [0.29, 0.717) is 15.8 Å². The molecule has 6 heteroatoms. The Morgan fingerprint density at radius 1 is 0.905 bits per heavy atom. The van der Waals surface area contributed by atoms with Crippen LogP contribution in [0.4, 0.5) is 17.6 Å². The molecule has 0 saturated carbocycles. The zero-order valence-electron chi connectivity index (χ0n) is 10.4. The van der Waals surface area contributed by atoms with Gasteiger partial charge in [0.25, 0.3) is 0 Å². The number of alkyl halides is 3. The van der Waals surface area contributed by atoms with Crippen molar-refractivity contribution in [1.82, 2.24) is 0 Å². The van der Waals surface area contributed by atoms with Gasteiger partial charge in [0, 0.05) is 19.9 Å². The largest absolute Gasteiger partial charge is 0.446 e. The molecule has 0 aliphatic heterocycles. The van der Waals surface area contributed by atoms with Gasteiger partial charge in [0.1, 0.15) is 5.82 Å². The van der Waals surface area contributed by atoms with Crippen LogP contribution in [0.1, 0.15) is 0 Å². The second-order valence-corrected chi connectivity index (χ2v) is 6.44. The summed E-state index contributed by atoms with van der Waals surface area (Å²) >= 11 is 1.16. The standard InChI is InChI=1S/C15H8F4S2/c16-10-7-5-9(6-8-10)13-14(21-15(17,18)19)11-3-1-2-4-12(11)20-13/h1-8H. The van der Waals surface area contributed by atoms with E-state index < -0.39 is 11.3 Å².